The number of aromatic nitrogens is 5. The second kappa shape index (κ2) is 9.25. The normalized spacial score (nSPS) is 14.4. The summed E-state index contributed by atoms with van der Waals surface area (Å²) in [7, 11) is -4.67. The third kappa shape index (κ3) is 6.03. The number of aliphatic hydroxyl groups is 1. The number of nitrogens with zero attached hydrogens (tertiary/aromatic N) is 5. The Morgan fingerprint density at radius 1 is 1.13 bits per heavy atom. The molecule has 0 radical (unpaired) electrons. The van der Waals surface area contributed by atoms with Crippen molar-refractivity contribution in [1.29, 1.82) is 0 Å². The van der Waals surface area contributed by atoms with Crippen molar-refractivity contribution in [3.05, 3.63) is 72.1 Å². The van der Waals surface area contributed by atoms with Crippen LogP contribution in [0.3, 0.4) is 0 Å². The monoisotopic (exact) mass is 447 g/mol. The Kier molecular flexibility index (Phi) is 7.20. The molecule has 30 heavy (non-hydrogen) atoms. The van der Waals surface area contributed by atoms with Gasteiger partial charge in [0, 0.05) is 17.5 Å². The molecule has 0 saturated carbocycles. The van der Waals surface area contributed by atoms with Crippen molar-refractivity contribution in [1.82, 2.24) is 24.7 Å². The van der Waals surface area contributed by atoms with Gasteiger partial charge in [-0.15, -0.1) is 0 Å². The molecule has 3 rings (SSSR count). The maximum absolute atomic E-state index is 14.4. The second-order valence-electron chi connectivity index (χ2n) is 6.07. The molecule has 0 aliphatic rings. The molecule has 0 amide bonds. The van der Waals surface area contributed by atoms with Gasteiger partial charge < -0.3 is 5.11 Å². The van der Waals surface area contributed by atoms with Crippen LogP contribution in [0.15, 0.2) is 43.4 Å². The van der Waals surface area contributed by atoms with Crippen LogP contribution >= 0.6 is 0 Å². The first-order valence-corrected chi connectivity index (χ1v) is 9.47. The van der Waals surface area contributed by atoms with E-state index < -0.39 is 39.4 Å². The fourth-order valence-electron chi connectivity index (χ4n) is 2.72. The number of benzene rings is 1. The molecule has 162 valence electrons. The van der Waals surface area contributed by atoms with E-state index in [4.69, 9.17) is 17.5 Å². The Morgan fingerprint density at radius 3 is 2.33 bits per heavy atom. The van der Waals surface area contributed by atoms with Gasteiger partial charge in [-0.05, 0) is 6.07 Å². The number of halogens is 3. The minimum Gasteiger partial charge on any atom is -0.382 e. The molecule has 0 aliphatic heterocycles. The first-order valence-electron chi connectivity index (χ1n) is 8.07. The van der Waals surface area contributed by atoms with Crippen LogP contribution in [-0.2, 0) is 22.5 Å². The number of hydrogen-bond donors (Lipinski definition) is 3. The second-order valence-corrected chi connectivity index (χ2v) is 6.96. The van der Waals surface area contributed by atoms with Crippen molar-refractivity contribution in [2.75, 3.05) is 0 Å². The molecule has 0 bridgehead atoms. The van der Waals surface area contributed by atoms with Crippen molar-refractivity contribution in [2.45, 2.75) is 25.0 Å². The molecule has 2 aromatic heterocycles. The summed E-state index contributed by atoms with van der Waals surface area (Å²) in [6, 6.07) is 2.80. The third-order valence-corrected chi connectivity index (χ3v) is 4.09. The first kappa shape index (κ1) is 23.3. The smallest absolute Gasteiger partial charge is 0.382 e. The average Bonchev–Trinajstić information content (AvgIpc) is 3.12. The van der Waals surface area contributed by atoms with Crippen LogP contribution in [0.4, 0.5) is 13.2 Å². The molecular weight excluding hydrogens is 431 g/mol. The van der Waals surface area contributed by atoms with Crippen LogP contribution in [0.1, 0.15) is 24.1 Å². The van der Waals surface area contributed by atoms with Gasteiger partial charge in [-0.1, -0.05) is 13.0 Å². The molecule has 0 saturated heterocycles. The Bertz CT molecular complexity index is 1090. The molecular formula is C16H16F3N5O5S. The van der Waals surface area contributed by atoms with Crippen LogP contribution in [0.25, 0.3) is 0 Å². The van der Waals surface area contributed by atoms with E-state index in [1.807, 2.05) is 0 Å². The first-order chi connectivity index (χ1) is 13.9. The molecule has 0 unspecified atom stereocenters. The molecule has 0 spiro atoms. The zero-order valence-corrected chi connectivity index (χ0v) is 16.1. The van der Waals surface area contributed by atoms with Gasteiger partial charge in [0.05, 0.1) is 18.4 Å². The summed E-state index contributed by atoms with van der Waals surface area (Å²) in [5, 5.41) is 15.2. The summed E-state index contributed by atoms with van der Waals surface area (Å²) in [4.78, 5) is 11.2. The minimum absolute atomic E-state index is 0.0960. The fraction of sp³-hybridized carbons (Fsp3) is 0.250. The van der Waals surface area contributed by atoms with Crippen molar-refractivity contribution in [3.63, 3.8) is 0 Å². The highest BCUT2D eigenvalue weighted by molar-refractivity contribution is 7.79. The molecule has 0 aliphatic carbocycles. The lowest BCUT2D eigenvalue weighted by Crippen LogP contribution is -2.39. The Hall–Kier alpha value is -2.94. The lowest BCUT2D eigenvalue weighted by molar-refractivity contribution is -0.0133. The largest absolute Gasteiger partial charge is 0.394 e. The zero-order chi connectivity index (χ0) is 22.5. The van der Waals surface area contributed by atoms with Gasteiger partial charge >= 0.3 is 10.4 Å². The van der Waals surface area contributed by atoms with E-state index in [1.54, 1.807) is 0 Å². The van der Waals surface area contributed by atoms with E-state index >= 15 is 0 Å². The molecule has 0 fully saturated rings. The maximum Gasteiger partial charge on any atom is 0.394 e. The molecule has 14 heteroatoms. The van der Waals surface area contributed by atoms with Crippen LogP contribution in [-0.4, -0.2) is 47.4 Å². The Balaban J connectivity index is 0.000000575. The van der Waals surface area contributed by atoms with Crippen LogP contribution in [0.5, 0.6) is 0 Å². The predicted molar refractivity (Wildman–Crippen MR) is 94.9 cm³/mol. The predicted octanol–water partition coefficient (Wildman–Crippen LogP) is 1.52. The maximum atomic E-state index is 14.4. The van der Waals surface area contributed by atoms with Gasteiger partial charge in [0.1, 0.15) is 36.2 Å². The van der Waals surface area contributed by atoms with Crippen molar-refractivity contribution < 1.29 is 35.8 Å². The van der Waals surface area contributed by atoms with E-state index in [0.29, 0.717) is 6.07 Å². The van der Waals surface area contributed by atoms with Gasteiger partial charge in [0.2, 0.25) is 0 Å². The average molecular weight is 447 g/mol. The van der Waals surface area contributed by atoms with E-state index in [1.165, 1.54) is 24.3 Å². The summed E-state index contributed by atoms with van der Waals surface area (Å²) in [6.07, 6.45) is 4.66. The molecule has 2 atom stereocenters. The third-order valence-electron chi connectivity index (χ3n) is 4.09. The highest BCUT2D eigenvalue weighted by atomic mass is 32.3. The highest BCUT2D eigenvalue weighted by Crippen LogP contribution is 2.39. The summed E-state index contributed by atoms with van der Waals surface area (Å²) < 4.78 is 74.6. The lowest BCUT2D eigenvalue weighted by atomic mass is 9.79. The van der Waals surface area contributed by atoms with Gasteiger partial charge in [-0.25, -0.2) is 32.8 Å². The zero-order valence-electron chi connectivity index (χ0n) is 15.3. The van der Waals surface area contributed by atoms with Gasteiger partial charge in [0.15, 0.2) is 5.82 Å². The highest BCUT2D eigenvalue weighted by Gasteiger charge is 2.41. The van der Waals surface area contributed by atoms with Crippen molar-refractivity contribution in [2.24, 2.45) is 0 Å². The summed E-state index contributed by atoms with van der Waals surface area (Å²) in [5.41, 5.74) is -2.25. The topological polar surface area (TPSA) is 151 Å². The van der Waals surface area contributed by atoms with Crippen LogP contribution in [0, 0.1) is 17.5 Å². The van der Waals surface area contributed by atoms with Gasteiger partial charge in [-0.3, -0.25) is 9.11 Å². The summed E-state index contributed by atoms with van der Waals surface area (Å²) >= 11 is 0. The molecule has 10 nitrogen and oxygen atoms in total. The number of rotatable bonds is 5. The van der Waals surface area contributed by atoms with Crippen LogP contribution in [0.2, 0.25) is 0 Å². The Morgan fingerprint density at radius 2 is 1.80 bits per heavy atom. The fourth-order valence-corrected chi connectivity index (χ4v) is 2.72. The lowest BCUT2D eigenvalue weighted by Gasteiger charge is -2.34. The van der Waals surface area contributed by atoms with Crippen molar-refractivity contribution >= 4 is 10.4 Å². The molecule has 3 aromatic rings. The van der Waals surface area contributed by atoms with Gasteiger partial charge in [-0.2, -0.15) is 13.5 Å². The summed E-state index contributed by atoms with van der Waals surface area (Å²) in [5.74, 6) is -3.47. The van der Waals surface area contributed by atoms with Gasteiger partial charge in [0.25, 0.3) is 0 Å². The molecule has 1 aromatic carbocycles. The van der Waals surface area contributed by atoms with E-state index in [0.717, 1.165) is 24.7 Å². The summed E-state index contributed by atoms with van der Waals surface area (Å²) in [6.45, 7) is 1.26. The Labute approximate surface area is 168 Å². The molecule has 2 heterocycles. The van der Waals surface area contributed by atoms with E-state index in [9.17, 15) is 18.3 Å². The minimum atomic E-state index is -4.67. The van der Waals surface area contributed by atoms with Crippen molar-refractivity contribution in [3.8, 4) is 0 Å². The SMILES string of the molecule is C[C@@H](c1ncncc1F)[C@](O)(Cn1cncn1)c1ccc(F)cc1F.O=S(=O)(O)O. The number of hydrogen-bond acceptors (Lipinski definition) is 7. The van der Waals surface area contributed by atoms with Crippen LogP contribution < -0.4 is 0 Å². The quantitative estimate of drug-likeness (QED) is 0.494. The molecule has 3 N–H and O–H groups in total. The van der Waals surface area contributed by atoms with E-state index in [-0.39, 0.29) is 17.8 Å². The standard InChI is InChI=1S/C16H14F3N5O.H2O4S/c1-10(15-14(19)5-20-7-22-15)16(25,6-24-9-21-8-23-24)12-3-2-11(17)4-13(12)18;1-5(2,3)4/h2-5,7-10,25H,6H2,1H3;(H2,1,2,3,4)/t10-,16+;/m0./s1. The van der Waals surface area contributed by atoms with E-state index in [2.05, 4.69) is 20.1 Å².